The largest absolute Gasteiger partial charge is 0.478 e. The second-order valence-electron chi connectivity index (χ2n) is 4.51. The summed E-state index contributed by atoms with van der Waals surface area (Å²) in [6, 6.07) is 3.29. The third kappa shape index (κ3) is 2.48. The summed E-state index contributed by atoms with van der Waals surface area (Å²) in [6.45, 7) is -0.465. The number of nitrogens with zero attached hydrogens (tertiary/aromatic N) is 1. The van der Waals surface area contributed by atoms with Crippen LogP contribution in [0.25, 0.3) is 0 Å². The van der Waals surface area contributed by atoms with Gasteiger partial charge in [0.1, 0.15) is 4.90 Å². The van der Waals surface area contributed by atoms with Crippen LogP contribution in [0.1, 0.15) is 10.4 Å². The molecule has 5 N–H and O–H groups in total. The molecule has 2 rings (SSSR count). The van der Waals surface area contributed by atoms with Gasteiger partial charge in [-0.05, 0) is 18.2 Å². The van der Waals surface area contributed by atoms with Crippen LogP contribution in [0.15, 0.2) is 23.1 Å². The van der Waals surface area contributed by atoms with Gasteiger partial charge in [-0.2, -0.15) is 4.31 Å². The zero-order valence-electron chi connectivity index (χ0n) is 10.3. The van der Waals surface area contributed by atoms with E-state index in [9.17, 15) is 23.4 Å². The van der Waals surface area contributed by atoms with Crippen molar-refractivity contribution in [1.29, 1.82) is 0 Å². The van der Waals surface area contributed by atoms with E-state index in [4.69, 9.17) is 10.8 Å². The number of benzene rings is 1. The van der Waals surface area contributed by atoms with Crippen LogP contribution in [-0.2, 0) is 10.0 Å². The number of aromatic carboxylic acids is 1. The van der Waals surface area contributed by atoms with Crippen LogP contribution in [0, 0.1) is 0 Å². The van der Waals surface area contributed by atoms with Crippen LogP contribution in [0.2, 0.25) is 0 Å². The molecule has 1 saturated heterocycles. The minimum Gasteiger partial charge on any atom is -0.478 e. The number of sulfonamides is 1. The van der Waals surface area contributed by atoms with Crippen LogP contribution in [0.5, 0.6) is 0 Å². The normalized spacial score (nSPS) is 23.9. The lowest BCUT2D eigenvalue weighted by Gasteiger charge is -2.17. The van der Waals surface area contributed by atoms with Gasteiger partial charge in [0, 0.05) is 13.1 Å². The van der Waals surface area contributed by atoms with Crippen LogP contribution in [0.4, 0.5) is 5.69 Å². The second kappa shape index (κ2) is 5.02. The predicted molar refractivity (Wildman–Crippen MR) is 68.6 cm³/mol. The summed E-state index contributed by atoms with van der Waals surface area (Å²) >= 11 is 0. The number of aliphatic hydroxyl groups excluding tert-OH is 2. The SMILES string of the molecule is Nc1cc(C(=O)O)ccc1S(=O)(=O)N1C[C@@H](O)[C@@H](O)C1. The fourth-order valence-electron chi connectivity index (χ4n) is 1.99. The molecule has 0 saturated carbocycles. The molecule has 1 aliphatic heterocycles. The van der Waals surface area contributed by atoms with Gasteiger partial charge in [0.15, 0.2) is 0 Å². The maximum absolute atomic E-state index is 12.3. The average Bonchev–Trinajstić information content (AvgIpc) is 2.69. The molecule has 110 valence electrons. The summed E-state index contributed by atoms with van der Waals surface area (Å²) < 4.78 is 25.5. The Labute approximate surface area is 115 Å². The van der Waals surface area contributed by atoms with Gasteiger partial charge in [0.2, 0.25) is 10.0 Å². The fourth-order valence-corrected chi connectivity index (χ4v) is 3.56. The molecular formula is C11H14N2O6S. The van der Waals surface area contributed by atoms with E-state index in [-0.39, 0.29) is 29.2 Å². The molecule has 0 aliphatic carbocycles. The van der Waals surface area contributed by atoms with Crippen LogP contribution < -0.4 is 5.73 Å². The number of hydrogen-bond acceptors (Lipinski definition) is 6. The molecule has 1 aromatic rings. The average molecular weight is 302 g/mol. The molecule has 1 fully saturated rings. The van der Waals surface area contributed by atoms with E-state index in [1.54, 1.807) is 0 Å². The molecule has 20 heavy (non-hydrogen) atoms. The number of carboxylic acids is 1. The zero-order valence-corrected chi connectivity index (χ0v) is 11.1. The highest BCUT2D eigenvalue weighted by Crippen LogP contribution is 2.26. The van der Waals surface area contributed by atoms with Crippen molar-refractivity contribution in [2.45, 2.75) is 17.1 Å². The Morgan fingerprint density at radius 1 is 1.25 bits per heavy atom. The smallest absolute Gasteiger partial charge is 0.335 e. The summed E-state index contributed by atoms with van der Waals surface area (Å²) in [5.41, 5.74) is 5.27. The quantitative estimate of drug-likeness (QED) is 0.508. The maximum Gasteiger partial charge on any atom is 0.335 e. The number of carboxylic acid groups (broad SMARTS) is 1. The minimum absolute atomic E-state index is 0.122. The number of rotatable bonds is 3. The number of nitrogens with two attached hydrogens (primary N) is 1. The van der Waals surface area contributed by atoms with Crippen molar-refractivity contribution in [3.8, 4) is 0 Å². The van der Waals surface area contributed by atoms with Crippen LogP contribution in [0.3, 0.4) is 0 Å². The molecule has 8 nitrogen and oxygen atoms in total. The lowest BCUT2D eigenvalue weighted by molar-refractivity contribution is 0.0572. The highest BCUT2D eigenvalue weighted by Gasteiger charge is 2.38. The molecule has 0 bridgehead atoms. The molecule has 0 unspecified atom stereocenters. The molecule has 1 aliphatic rings. The van der Waals surface area contributed by atoms with Gasteiger partial charge in [-0.1, -0.05) is 0 Å². The van der Waals surface area contributed by atoms with E-state index in [0.717, 1.165) is 22.5 Å². The Morgan fingerprint density at radius 2 is 1.80 bits per heavy atom. The van der Waals surface area contributed by atoms with Crippen molar-refractivity contribution in [1.82, 2.24) is 4.31 Å². The maximum atomic E-state index is 12.3. The highest BCUT2D eigenvalue weighted by atomic mass is 32.2. The van der Waals surface area contributed by atoms with Crippen LogP contribution >= 0.6 is 0 Å². The van der Waals surface area contributed by atoms with Gasteiger partial charge < -0.3 is 21.1 Å². The van der Waals surface area contributed by atoms with E-state index in [1.807, 2.05) is 0 Å². The summed E-state index contributed by atoms with van der Waals surface area (Å²) in [7, 11) is -3.98. The van der Waals surface area contributed by atoms with Gasteiger partial charge in [0.25, 0.3) is 0 Å². The number of carbonyl (C=O) groups is 1. The number of nitrogen functional groups attached to an aromatic ring is 1. The number of β-amino-alcohol motifs (C(OH)–C–C–N with tert-alkyl or cyclic N) is 2. The summed E-state index contributed by atoms with van der Waals surface area (Å²) in [4.78, 5) is 10.5. The third-order valence-corrected chi connectivity index (χ3v) is 5.01. The fraction of sp³-hybridized carbons (Fsp3) is 0.364. The van der Waals surface area contributed by atoms with Gasteiger partial charge in [-0.25, -0.2) is 13.2 Å². The number of aliphatic hydroxyl groups is 2. The molecule has 2 atom stereocenters. The lowest BCUT2D eigenvalue weighted by atomic mass is 10.2. The van der Waals surface area contributed by atoms with Gasteiger partial charge >= 0.3 is 5.97 Å². The monoisotopic (exact) mass is 302 g/mol. The second-order valence-corrected chi connectivity index (χ2v) is 6.42. The topological polar surface area (TPSA) is 141 Å². The van der Waals surface area contributed by atoms with E-state index in [2.05, 4.69) is 0 Å². The first-order chi connectivity index (χ1) is 9.23. The molecule has 1 heterocycles. The summed E-state index contributed by atoms with van der Waals surface area (Å²) in [6.07, 6.45) is -2.30. The Hall–Kier alpha value is -1.68. The first kappa shape index (κ1) is 14.7. The molecule has 0 radical (unpaired) electrons. The van der Waals surface area contributed by atoms with Crippen molar-refractivity contribution in [2.75, 3.05) is 18.8 Å². The minimum atomic E-state index is -3.98. The molecule has 1 aromatic carbocycles. The molecule has 0 aromatic heterocycles. The van der Waals surface area contributed by atoms with E-state index in [0.29, 0.717) is 0 Å². The zero-order chi connectivity index (χ0) is 15.1. The van der Waals surface area contributed by atoms with E-state index in [1.165, 1.54) is 0 Å². The van der Waals surface area contributed by atoms with E-state index >= 15 is 0 Å². The van der Waals surface area contributed by atoms with Gasteiger partial charge in [-0.15, -0.1) is 0 Å². The molecule has 0 amide bonds. The van der Waals surface area contributed by atoms with Gasteiger partial charge in [0.05, 0.1) is 23.5 Å². The van der Waals surface area contributed by atoms with Crippen molar-refractivity contribution >= 4 is 21.7 Å². The number of anilines is 1. The first-order valence-electron chi connectivity index (χ1n) is 5.72. The Morgan fingerprint density at radius 3 is 2.25 bits per heavy atom. The summed E-state index contributed by atoms with van der Waals surface area (Å²) in [5, 5.41) is 27.6. The highest BCUT2D eigenvalue weighted by molar-refractivity contribution is 7.89. The summed E-state index contributed by atoms with van der Waals surface area (Å²) in [5.74, 6) is -1.22. The van der Waals surface area contributed by atoms with Crippen molar-refractivity contribution in [3.05, 3.63) is 23.8 Å². The third-order valence-electron chi connectivity index (χ3n) is 3.10. The standard InChI is InChI=1S/C11H14N2O6S/c12-7-3-6(11(16)17)1-2-10(7)20(18,19)13-4-8(14)9(15)5-13/h1-3,8-9,14-15H,4-5,12H2,(H,16,17)/t8-,9+. The van der Waals surface area contributed by atoms with Crippen LogP contribution in [-0.4, -0.2) is 59.3 Å². The predicted octanol–water partition coefficient (Wildman–Crippen LogP) is -1.31. The Kier molecular flexibility index (Phi) is 3.69. The first-order valence-corrected chi connectivity index (χ1v) is 7.16. The Balaban J connectivity index is 2.38. The van der Waals surface area contributed by atoms with Crippen molar-refractivity contribution in [3.63, 3.8) is 0 Å². The number of hydrogen-bond donors (Lipinski definition) is 4. The molecule has 9 heteroatoms. The Bertz CT molecular complexity index is 634. The van der Waals surface area contributed by atoms with E-state index < -0.39 is 28.2 Å². The molecule has 0 spiro atoms. The van der Waals surface area contributed by atoms with Gasteiger partial charge in [-0.3, -0.25) is 0 Å². The van der Waals surface area contributed by atoms with Crippen molar-refractivity contribution in [2.24, 2.45) is 0 Å². The van der Waals surface area contributed by atoms with Crippen molar-refractivity contribution < 1.29 is 28.5 Å². The molecular weight excluding hydrogens is 288 g/mol. The lowest BCUT2D eigenvalue weighted by Crippen LogP contribution is -2.30.